The molecule has 0 bridgehead atoms. The van der Waals surface area contributed by atoms with Gasteiger partial charge >= 0.3 is 0 Å². The van der Waals surface area contributed by atoms with Crippen molar-refractivity contribution in [3.8, 4) is 5.75 Å². The molecule has 2 aromatic rings. The van der Waals surface area contributed by atoms with E-state index >= 15 is 0 Å². The van der Waals surface area contributed by atoms with Crippen molar-refractivity contribution >= 4 is 18.3 Å². The van der Waals surface area contributed by atoms with E-state index < -0.39 is 0 Å². The van der Waals surface area contributed by atoms with Gasteiger partial charge in [0, 0.05) is 12.6 Å². The Morgan fingerprint density at radius 1 is 1.13 bits per heavy atom. The van der Waals surface area contributed by atoms with Gasteiger partial charge in [-0.05, 0) is 29.7 Å². The number of carbonyl (C=O) groups excluding carboxylic acids is 1. The zero-order chi connectivity index (χ0) is 15.8. The third kappa shape index (κ3) is 6.30. The van der Waals surface area contributed by atoms with Gasteiger partial charge in [-0.1, -0.05) is 49.4 Å². The summed E-state index contributed by atoms with van der Waals surface area (Å²) < 4.78 is 5.45. The highest BCUT2D eigenvalue weighted by atomic mass is 35.5. The maximum atomic E-state index is 11.8. The van der Waals surface area contributed by atoms with Gasteiger partial charge in [-0.2, -0.15) is 0 Å². The van der Waals surface area contributed by atoms with Crippen LogP contribution in [-0.4, -0.2) is 19.1 Å². The second-order valence-electron chi connectivity index (χ2n) is 5.11. The number of halogens is 1. The first-order valence-electron chi connectivity index (χ1n) is 7.48. The summed E-state index contributed by atoms with van der Waals surface area (Å²) >= 11 is 0. The van der Waals surface area contributed by atoms with Gasteiger partial charge in [0.2, 0.25) is 0 Å². The van der Waals surface area contributed by atoms with E-state index in [9.17, 15) is 4.79 Å². The lowest BCUT2D eigenvalue weighted by molar-refractivity contribution is -0.123. The van der Waals surface area contributed by atoms with Crippen LogP contribution in [0.4, 0.5) is 0 Å². The second kappa shape index (κ2) is 9.87. The molecular formula is C18H23ClN2O2. The fraction of sp³-hybridized carbons (Fsp3) is 0.278. The average Bonchev–Trinajstić information content (AvgIpc) is 2.59. The summed E-state index contributed by atoms with van der Waals surface area (Å²) in [5.74, 6) is 0.519. The van der Waals surface area contributed by atoms with Gasteiger partial charge in [0.1, 0.15) is 5.75 Å². The third-order valence-electron chi connectivity index (χ3n) is 3.45. The van der Waals surface area contributed by atoms with Crippen molar-refractivity contribution in [2.45, 2.75) is 19.4 Å². The highest BCUT2D eigenvalue weighted by molar-refractivity contribution is 5.85. The van der Waals surface area contributed by atoms with Crippen LogP contribution in [0.25, 0.3) is 0 Å². The molecule has 0 spiro atoms. The summed E-state index contributed by atoms with van der Waals surface area (Å²) in [6.45, 7) is 2.48. The molecule has 124 valence electrons. The number of rotatable bonds is 7. The smallest absolute Gasteiger partial charge is 0.258 e. The molecule has 4 nitrogen and oxygen atoms in total. The van der Waals surface area contributed by atoms with Gasteiger partial charge in [0.05, 0.1) is 0 Å². The van der Waals surface area contributed by atoms with Crippen LogP contribution in [0.3, 0.4) is 0 Å². The molecule has 2 rings (SSSR count). The molecule has 0 saturated heterocycles. The zero-order valence-electron chi connectivity index (χ0n) is 13.2. The molecule has 23 heavy (non-hydrogen) atoms. The zero-order valence-corrected chi connectivity index (χ0v) is 14.0. The van der Waals surface area contributed by atoms with Gasteiger partial charge < -0.3 is 15.8 Å². The van der Waals surface area contributed by atoms with Gasteiger partial charge in [-0.25, -0.2) is 0 Å². The summed E-state index contributed by atoms with van der Waals surface area (Å²) in [7, 11) is 0. The number of hydrogen-bond donors (Lipinski definition) is 2. The number of nitrogens with two attached hydrogens (primary N) is 1. The third-order valence-corrected chi connectivity index (χ3v) is 3.45. The van der Waals surface area contributed by atoms with E-state index in [0.29, 0.717) is 12.3 Å². The van der Waals surface area contributed by atoms with Crippen LogP contribution in [-0.2, 0) is 11.2 Å². The predicted octanol–water partition coefficient (Wildman–Crippen LogP) is 2.87. The molecule has 0 fully saturated rings. The molecule has 0 aromatic heterocycles. The lowest BCUT2D eigenvalue weighted by Crippen LogP contribution is -2.35. The number of aryl methyl sites for hydroxylation is 1. The largest absolute Gasteiger partial charge is 0.484 e. The number of amides is 1. The van der Waals surface area contributed by atoms with Crippen LogP contribution in [0.15, 0.2) is 54.6 Å². The Morgan fingerprint density at radius 3 is 2.39 bits per heavy atom. The first-order chi connectivity index (χ1) is 10.7. The molecule has 0 saturated carbocycles. The molecule has 5 heteroatoms. The Bertz CT molecular complexity index is 588. The van der Waals surface area contributed by atoms with E-state index in [4.69, 9.17) is 10.5 Å². The summed E-state index contributed by atoms with van der Waals surface area (Å²) in [6.07, 6.45) is 0.984. The van der Waals surface area contributed by atoms with Gasteiger partial charge in [-0.15, -0.1) is 12.4 Å². The number of hydrogen-bond acceptors (Lipinski definition) is 3. The lowest BCUT2D eigenvalue weighted by Gasteiger charge is -2.13. The molecule has 0 aliphatic rings. The van der Waals surface area contributed by atoms with Crippen LogP contribution in [0, 0.1) is 0 Å². The molecule has 3 N–H and O–H groups in total. The molecule has 0 aliphatic carbocycles. The molecule has 2 aromatic carbocycles. The summed E-state index contributed by atoms with van der Waals surface area (Å²) in [4.78, 5) is 11.8. The minimum Gasteiger partial charge on any atom is -0.484 e. The maximum Gasteiger partial charge on any atom is 0.258 e. The van der Waals surface area contributed by atoms with E-state index in [0.717, 1.165) is 12.0 Å². The van der Waals surface area contributed by atoms with E-state index in [1.54, 1.807) is 0 Å². The molecule has 1 amide bonds. The highest BCUT2D eigenvalue weighted by Crippen LogP contribution is 2.12. The number of nitrogens with one attached hydrogen (secondary N) is 1. The summed E-state index contributed by atoms with van der Waals surface area (Å²) in [5.41, 5.74) is 8.27. The normalized spacial score (nSPS) is 11.2. The number of benzene rings is 2. The Balaban J connectivity index is 0.00000264. The Kier molecular flexibility index (Phi) is 8.16. The van der Waals surface area contributed by atoms with E-state index in [2.05, 4.69) is 12.2 Å². The molecule has 0 radical (unpaired) electrons. The Morgan fingerprint density at radius 2 is 1.78 bits per heavy atom. The lowest BCUT2D eigenvalue weighted by atomic mass is 10.1. The molecular weight excluding hydrogens is 312 g/mol. The topological polar surface area (TPSA) is 64.3 Å². The monoisotopic (exact) mass is 334 g/mol. The Hall–Kier alpha value is -2.04. The van der Waals surface area contributed by atoms with Crippen LogP contribution >= 0.6 is 12.4 Å². The Labute approximate surface area is 143 Å². The van der Waals surface area contributed by atoms with Crippen molar-refractivity contribution in [2.75, 3.05) is 13.2 Å². The van der Waals surface area contributed by atoms with Crippen molar-refractivity contribution in [1.29, 1.82) is 0 Å². The molecule has 1 unspecified atom stereocenters. The SMILES string of the molecule is CCc1ccc(OCC(=O)NCC(N)c2ccccc2)cc1.Cl. The average molecular weight is 335 g/mol. The number of ether oxygens (including phenoxy) is 1. The first-order valence-corrected chi connectivity index (χ1v) is 7.48. The quantitative estimate of drug-likeness (QED) is 0.818. The predicted molar refractivity (Wildman–Crippen MR) is 94.9 cm³/mol. The number of carbonyl (C=O) groups is 1. The maximum absolute atomic E-state index is 11.8. The van der Waals surface area contributed by atoms with Crippen molar-refractivity contribution in [3.63, 3.8) is 0 Å². The fourth-order valence-corrected chi connectivity index (χ4v) is 2.06. The second-order valence-corrected chi connectivity index (χ2v) is 5.11. The van der Waals surface area contributed by atoms with Crippen LogP contribution < -0.4 is 15.8 Å². The van der Waals surface area contributed by atoms with Crippen molar-refractivity contribution in [2.24, 2.45) is 5.73 Å². The summed E-state index contributed by atoms with van der Waals surface area (Å²) in [6, 6.07) is 17.2. The van der Waals surface area contributed by atoms with E-state index in [1.165, 1.54) is 5.56 Å². The van der Waals surface area contributed by atoms with Crippen LogP contribution in [0.5, 0.6) is 5.75 Å². The van der Waals surface area contributed by atoms with E-state index in [1.807, 2.05) is 54.6 Å². The van der Waals surface area contributed by atoms with Crippen molar-refractivity contribution in [3.05, 3.63) is 65.7 Å². The molecule has 0 heterocycles. The fourth-order valence-electron chi connectivity index (χ4n) is 2.06. The van der Waals surface area contributed by atoms with Crippen molar-refractivity contribution in [1.82, 2.24) is 5.32 Å². The van der Waals surface area contributed by atoms with Crippen LogP contribution in [0.2, 0.25) is 0 Å². The molecule has 0 aliphatic heterocycles. The van der Waals surface area contributed by atoms with E-state index in [-0.39, 0.29) is 31.0 Å². The van der Waals surface area contributed by atoms with Gasteiger partial charge in [0.15, 0.2) is 6.61 Å². The highest BCUT2D eigenvalue weighted by Gasteiger charge is 2.08. The van der Waals surface area contributed by atoms with Gasteiger partial charge in [-0.3, -0.25) is 4.79 Å². The van der Waals surface area contributed by atoms with Crippen LogP contribution in [0.1, 0.15) is 24.1 Å². The van der Waals surface area contributed by atoms with Gasteiger partial charge in [0.25, 0.3) is 5.91 Å². The standard InChI is InChI=1S/C18H22N2O2.ClH/c1-2-14-8-10-16(11-9-14)22-13-18(21)20-12-17(19)15-6-4-3-5-7-15;/h3-11,17H,2,12-13,19H2,1H3,(H,20,21);1H. The molecule has 1 atom stereocenters. The van der Waals surface area contributed by atoms with Crippen molar-refractivity contribution < 1.29 is 9.53 Å². The first kappa shape index (κ1) is 19.0. The minimum absolute atomic E-state index is 0. The summed E-state index contributed by atoms with van der Waals surface area (Å²) in [5, 5.41) is 2.78. The minimum atomic E-state index is -0.214.